The summed E-state index contributed by atoms with van der Waals surface area (Å²) in [4.78, 5) is 15.9. The smallest absolute Gasteiger partial charge is 0.255 e. The number of pyridine rings is 1. The summed E-state index contributed by atoms with van der Waals surface area (Å²) in [6.45, 7) is 2.46. The summed E-state index contributed by atoms with van der Waals surface area (Å²) in [5.74, 6) is 0.581. The molecule has 5 nitrogen and oxygen atoms in total. The van der Waals surface area contributed by atoms with Gasteiger partial charge in [-0.25, -0.2) is 4.98 Å². The van der Waals surface area contributed by atoms with E-state index in [9.17, 15) is 4.79 Å². The zero-order valence-corrected chi connectivity index (χ0v) is 11.6. The Kier molecular flexibility index (Phi) is 4.42. The Balaban J connectivity index is 2.16. The van der Waals surface area contributed by atoms with Crippen LogP contribution in [0.2, 0.25) is 5.15 Å². The minimum atomic E-state index is -0.311. The summed E-state index contributed by atoms with van der Waals surface area (Å²) in [7, 11) is 0. The van der Waals surface area contributed by atoms with E-state index in [1.54, 1.807) is 18.2 Å². The molecule has 0 bridgehead atoms. The Morgan fingerprint density at radius 2 is 2.20 bits per heavy atom. The number of carbonyl (C=O) groups is 1. The average Bonchev–Trinajstić information content (AvgIpc) is 2.38. The monoisotopic (exact) mass is 291 g/mol. The van der Waals surface area contributed by atoms with Gasteiger partial charge in [-0.1, -0.05) is 17.7 Å². The fourth-order valence-electron chi connectivity index (χ4n) is 1.68. The lowest BCUT2D eigenvalue weighted by atomic mass is 10.2. The maximum atomic E-state index is 12.1. The number of nitrogens with one attached hydrogen (secondary N) is 1. The Bertz CT molecular complexity index is 611. The molecule has 0 aliphatic carbocycles. The predicted octanol–water partition coefficient (Wildman–Crippen LogP) is 2.97. The van der Waals surface area contributed by atoms with Gasteiger partial charge in [0.1, 0.15) is 16.7 Å². The van der Waals surface area contributed by atoms with Gasteiger partial charge in [0.2, 0.25) is 0 Å². The van der Waals surface area contributed by atoms with E-state index < -0.39 is 0 Å². The van der Waals surface area contributed by atoms with Gasteiger partial charge in [-0.05, 0) is 31.2 Å². The van der Waals surface area contributed by atoms with Gasteiger partial charge in [-0.3, -0.25) is 4.79 Å². The van der Waals surface area contributed by atoms with Crippen molar-refractivity contribution in [3.05, 3.63) is 47.1 Å². The number of hydrogen-bond donors (Lipinski definition) is 2. The third-order valence-electron chi connectivity index (χ3n) is 2.48. The van der Waals surface area contributed by atoms with Crippen molar-refractivity contribution < 1.29 is 9.53 Å². The van der Waals surface area contributed by atoms with Crippen LogP contribution < -0.4 is 15.8 Å². The minimum absolute atomic E-state index is 0.179. The lowest BCUT2D eigenvalue weighted by molar-refractivity contribution is 0.102. The predicted molar refractivity (Wildman–Crippen MR) is 79.2 cm³/mol. The second-order valence-electron chi connectivity index (χ2n) is 4.02. The lowest BCUT2D eigenvalue weighted by Gasteiger charge is -2.08. The van der Waals surface area contributed by atoms with Gasteiger partial charge in [0.15, 0.2) is 0 Å². The molecule has 2 aromatic rings. The van der Waals surface area contributed by atoms with Crippen LogP contribution in [-0.4, -0.2) is 17.5 Å². The number of anilines is 2. The molecule has 1 heterocycles. The molecule has 2 rings (SSSR count). The first kappa shape index (κ1) is 14.1. The van der Waals surface area contributed by atoms with E-state index in [2.05, 4.69) is 10.3 Å². The van der Waals surface area contributed by atoms with E-state index in [-0.39, 0.29) is 16.9 Å². The summed E-state index contributed by atoms with van der Waals surface area (Å²) < 4.78 is 5.37. The summed E-state index contributed by atoms with van der Waals surface area (Å²) in [5.41, 5.74) is 6.54. The number of nitrogen functional groups attached to an aromatic ring is 1. The third-order valence-corrected chi connectivity index (χ3v) is 2.67. The van der Waals surface area contributed by atoms with Crippen LogP contribution in [0.1, 0.15) is 17.3 Å². The first-order valence-electron chi connectivity index (χ1n) is 6.05. The van der Waals surface area contributed by atoms with E-state index >= 15 is 0 Å². The van der Waals surface area contributed by atoms with Gasteiger partial charge >= 0.3 is 0 Å². The molecule has 0 aliphatic heterocycles. The highest BCUT2D eigenvalue weighted by Gasteiger charge is 2.09. The highest BCUT2D eigenvalue weighted by atomic mass is 35.5. The van der Waals surface area contributed by atoms with Crippen molar-refractivity contribution in [1.29, 1.82) is 0 Å². The maximum absolute atomic E-state index is 12.1. The number of nitrogens with zero attached hydrogens (tertiary/aromatic N) is 1. The normalized spacial score (nSPS) is 10.1. The first-order valence-corrected chi connectivity index (χ1v) is 6.43. The van der Waals surface area contributed by atoms with Crippen molar-refractivity contribution >= 4 is 29.0 Å². The Morgan fingerprint density at radius 1 is 1.40 bits per heavy atom. The van der Waals surface area contributed by atoms with Crippen LogP contribution in [0.3, 0.4) is 0 Å². The second-order valence-corrected chi connectivity index (χ2v) is 4.41. The second kappa shape index (κ2) is 6.25. The molecule has 1 amide bonds. The average molecular weight is 292 g/mol. The zero-order chi connectivity index (χ0) is 14.5. The number of benzene rings is 1. The van der Waals surface area contributed by atoms with Crippen LogP contribution in [0.25, 0.3) is 0 Å². The molecule has 0 spiro atoms. The molecule has 6 heteroatoms. The number of ether oxygens (including phenoxy) is 1. The minimum Gasteiger partial charge on any atom is -0.494 e. The van der Waals surface area contributed by atoms with Crippen molar-refractivity contribution in [3.8, 4) is 5.75 Å². The molecule has 0 aliphatic rings. The molecule has 0 fully saturated rings. The van der Waals surface area contributed by atoms with E-state index in [1.807, 2.05) is 13.0 Å². The first-order chi connectivity index (χ1) is 9.58. The fraction of sp³-hybridized carbons (Fsp3) is 0.143. The number of amides is 1. The summed E-state index contributed by atoms with van der Waals surface area (Å²) in [6.07, 6.45) is 0. The van der Waals surface area contributed by atoms with E-state index in [4.69, 9.17) is 22.1 Å². The van der Waals surface area contributed by atoms with Crippen LogP contribution in [-0.2, 0) is 0 Å². The highest BCUT2D eigenvalue weighted by molar-refractivity contribution is 6.30. The maximum Gasteiger partial charge on any atom is 0.255 e. The van der Waals surface area contributed by atoms with Gasteiger partial charge < -0.3 is 15.8 Å². The molecule has 20 heavy (non-hydrogen) atoms. The van der Waals surface area contributed by atoms with Crippen LogP contribution in [0, 0.1) is 0 Å². The molecule has 1 aromatic carbocycles. The van der Waals surface area contributed by atoms with Gasteiger partial charge in [-0.2, -0.15) is 0 Å². The van der Waals surface area contributed by atoms with E-state index in [0.717, 1.165) is 0 Å². The number of aromatic nitrogens is 1. The van der Waals surface area contributed by atoms with Crippen LogP contribution in [0.15, 0.2) is 36.4 Å². The summed E-state index contributed by atoms with van der Waals surface area (Å²) >= 11 is 5.77. The number of halogens is 1. The molecular weight excluding hydrogens is 278 g/mol. The van der Waals surface area contributed by atoms with Crippen LogP contribution in [0.4, 0.5) is 11.5 Å². The number of carbonyl (C=O) groups excluding carboxylic acids is 1. The SMILES string of the molecule is CCOc1cccc(NC(=O)c2cc(N)nc(Cl)c2)c1. The largest absolute Gasteiger partial charge is 0.494 e. The number of rotatable bonds is 4. The van der Waals surface area contributed by atoms with E-state index in [1.165, 1.54) is 12.1 Å². The molecule has 0 atom stereocenters. The molecule has 0 radical (unpaired) electrons. The molecule has 1 aromatic heterocycles. The highest BCUT2D eigenvalue weighted by Crippen LogP contribution is 2.19. The lowest BCUT2D eigenvalue weighted by Crippen LogP contribution is -2.12. The molecule has 3 N–H and O–H groups in total. The van der Waals surface area contributed by atoms with Gasteiger partial charge in [0.25, 0.3) is 5.91 Å². The van der Waals surface area contributed by atoms with Crippen molar-refractivity contribution in [2.75, 3.05) is 17.7 Å². The number of nitrogens with two attached hydrogens (primary N) is 1. The summed E-state index contributed by atoms with van der Waals surface area (Å²) in [6, 6.07) is 10.1. The van der Waals surface area contributed by atoms with Crippen LogP contribution in [0.5, 0.6) is 5.75 Å². The molecule has 0 saturated carbocycles. The van der Waals surface area contributed by atoms with Crippen molar-refractivity contribution in [2.45, 2.75) is 6.92 Å². The molecule has 0 saturated heterocycles. The zero-order valence-electron chi connectivity index (χ0n) is 10.9. The summed E-state index contributed by atoms with van der Waals surface area (Å²) in [5, 5.41) is 2.93. The third kappa shape index (κ3) is 3.61. The fourth-order valence-corrected chi connectivity index (χ4v) is 1.90. The van der Waals surface area contributed by atoms with E-state index in [0.29, 0.717) is 23.6 Å². The molecular formula is C14H14ClN3O2. The van der Waals surface area contributed by atoms with Gasteiger partial charge in [-0.15, -0.1) is 0 Å². The molecule has 104 valence electrons. The number of hydrogen-bond acceptors (Lipinski definition) is 4. The van der Waals surface area contributed by atoms with Crippen molar-refractivity contribution in [2.24, 2.45) is 0 Å². The Hall–Kier alpha value is -2.27. The Labute approximate surface area is 121 Å². The van der Waals surface area contributed by atoms with Gasteiger partial charge in [0.05, 0.1) is 6.61 Å². The van der Waals surface area contributed by atoms with Gasteiger partial charge in [0, 0.05) is 17.3 Å². The van der Waals surface area contributed by atoms with Crippen LogP contribution >= 0.6 is 11.6 Å². The molecule has 0 unspecified atom stereocenters. The Morgan fingerprint density at radius 3 is 2.90 bits per heavy atom. The quantitative estimate of drug-likeness (QED) is 0.849. The van der Waals surface area contributed by atoms with Crippen molar-refractivity contribution in [1.82, 2.24) is 4.98 Å². The standard InChI is InChI=1S/C14H14ClN3O2/c1-2-20-11-5-3-4-10(8-11)17-14(19)9-6-12(15)18-13(16)7-9/h3-8H,2H2,1H3,(H2,16,18)(H,17,19). The topological polar surface area (TPSA) is 77.2 Å². The van der Waals surface area contributed by atoms with Crippen molar-refractivity contribution in [3.63, 3.8) is 0 Å².